The standard InChI is InChI=1S/C24H18O/c1-25-24(15-14-18-8-3-2-4-9-18)22-13-7-12-21-16-19-10-5-6-11-20(19)17-23(21)22/h2-13,16-17,24H,1H3. The van der Waals surface area contributed by atoms with Crippen LogP contribution in [0.15, 0.2) is 84.9 Å². The molecule has 0 amide bonds. The van der Waals surface area contributed by atoms with Crippen molar-refractivity contribution in [2.45, 2.75) is 6.10 Å². The van der Waals surface area contributed by atoms with Gasteiger partial charge in [0.25, 0.3) is 0 Å². The lowest BCUT2D eigenvalue weighted by molar-refractivity contribution is 0.151. The van der Waals surface area contributed by atoms with Gasteiger partial charge in [0.05, 0.1) is 0 Å². The molecule has 4 rings (SSSR count). The number of methoxy groups -OCH3 is 1. The summed E-state index contributed by atoms with van der Waals surface area (Å²) in [5, 5.41) is 4.87. The SMILES string of the molecule is COC(C#Cc1ccccc1)c1cccc2cc3ccccc3cc12. The van der Waals surface area contributed by atoms with Crippen LogP contribution in [0.2, 0.25) is 0 Å². The Labute approximate surface area is 147 Å². The summed E-state index contributed by atoms with van der Waals surface area (Å²) in [5.41, 5.74) is 2.10. The highest BCUT2D eigenvalue weighted by Gasteiger charge is 2.11. The lowest BCUT2D eigenvalue weighted by atomic mass is 9.97. The molecule has 120 valence electrons. The predicted molar refractivity (Wildman–Crippen MR) is 105 cm³/mol. The largest absolute Gasteiger partial charge is 0.364 e. The first-order valence-corrected chi connectivity index (χ1v) is 8.36. The van der Waals surface area contributed by atoms with Crippen molar-refractivity contribution in [2.24, 2.45) is 0 Å². The van der Waals surface area contributed by atoms with Crippen LogP contribution in [-0.2, 0) is 4.74 Å². The van der Waals surface area contributed by atoms with Gasteiger partial charge in [-0.2, -0.15) is 0 Å². The maximum Gasteiger partial charge on any atom is 0.144 e. The Hall–Kier alpha value is -3.08. The number of fused-ring (bicyclic) bond motifs is 2. The van der Waals surface area contributed by atoms with E-state index in [0.717, 1.165) is 11.1 Å². The third-order valence-corrected chi connectivity index (χ3v) is 4.42. The number of rotatable bonds is 2. The number of hydrogen-bond acceptors (Lipinski definition) is 1. The number of hydrogen-bond donors (Lipinski definition) is 0. The van der Waals surface area contributed by atoms with Crippen LogP contribution in [0.25, 0.3) is 21.5 Å². The zero-order valence-electron chi connectivity index (χ0n) is 14.1. The fourth-order valence-corrected chi connectivity index (χ4v) is 3.15. The topological polar surface area (TPSA) is 9.23 Å². The van der Waals surface area contributed by atoms with Crippen LogP contribution in [0.3, 0.4) is 0 Å². The monoisotopic (exact) mass is 322 g/mol. The van der Waals surface area contributed by atoms with Crippen molar-refractivity contribution in [1.29, 1.82) is 0 Å². The van der Waals surface area contributed by atoms with Crippen LogP contribution < -0.4 is 0 Å². The van der Waals surface area contributed by atoms with E-state index in [2.05, 4.69) is 66.4 Å². The minimum atomic E-state index is -0.259. The average molecular weight is 322 g/mol. The molecule has 0 radical (unpaired) electrons. The zero-order chi connectivity index (χ0) is 17.1. The summed E-state index contributed by atoms with van der Waals surface area (Å²) in [4.78, 5) is 0. The molecule has 0 aliphatic heterocycles. The summed E-state index contributed by atoms with van der Waals surface area (Å²) >= 11 is 0. The summed E-state index contributed by atoms with van der Waals surface area (Å²) in [6.45, 7) is 0. The summed E-state index contributed by atoms with van der Waals surface area (Å²) < 4.78 is 5.70. The quantitative estimate of drug-likeness (QED) is 0.338. The minimum absolute atomic E-state index is 0.259. The molecule has 0 saturated carbocycles. The van der Waals surface area contributed by atoms with Crippen molar-refractivity contribution >= 4 is 21.5 Å². The molecule has 25 heavy (non-hydrogen) atoms. The molecule has 4 aromatic rings. The fourth-order valence-electron chi connectivity index (χ4n) is 3.15. The van der Waals surface area contributed by atoms with Crippen molar-refractivity contribution in [1.82, 2.24) is 0 Å². The van der Waals surface area contributed by atoms with E-state index in [0.29, 0.717) is 0 Å². The van der Waals surface area contributed by atoms with Gasteiger partial charge in [0.1, 0.15) is 6.10 Å². The molecule has 0 aliphatic rings. The Morgan fingerprint density at radius 3 is 2.16 bits per heavy atom. The van der Waals surface area contributed by atoms with E-state index in [1.54, 1.807) is 7.11 Å². The van der Waals surface area contributed by atoms with E-state index >= 15 is 0 Å². The third kappa shape index (κ3) is 3.13. The van der Waals surface area contributed by atoms with Gasteiger partial charge >= 0.3 is 0 Å². The smallest absolute Gasteiger partial charge is 0.144 e. The summed E-state index contributed by atoms with van der Waals surface area (Å²) in [6, 6.07) is 29.2. The fraction of sp³-hybridized carbons (Fsp3) is 0.0833. The second kappa shape index (κ2) is 6.81. The van der Waals surface area contributed by atoms with Crippen molar-refractivity contribution < 1.29 is 4.74 Å². The zero-order valence-corrected chi connectivity index (χ0v) is 14.1. The van der Waals surface area contributed by atoms with Crippen LogP contribution in [0, 0.1) is 11.8 Å². The average Bonchev–Trinajstić information content (AvgIpc) is 2.68. The molecule has 0 heterocycles. The Morgan fingerprint density at radius 2 is 1.40 bits per heavy atom. The Balaban J connectivity index is 1.84. The van der Waals surface area contributed by atoms with Gasteiger partial charge in [-0.25, -0.2) is 0 Å². The molecule has 1 unspecified atom stereocenters. The Kier molecular flexibility index (Phi) is 4.21. The molecular weight excluding hydrogens is 304 g/mol. The van der Waals surface area contributed by atoms with Crippen molar-refractivity contribution in [3.63, 3.8) is 0 Å². The molecule has 1 atom stereocenters. The minimum Gasteiger partial charge on any atom is -0.364 e. The molecule has 0 N–H and O–H groups in total. The van der Waals surface area contributed by atoms with Crippen molar-refractivity contribution in [2.75, 3.05) is 7.11 Å². The van der Waals surface area contributed by atoms with Crippen LogP contribution in [-0.4, -0.2) is 7.11 Å². The van der Waals surface area contributed by atoms with Gasteiger partial charge in [0.15, 0.2) is 0 Å². The summed E-state index contributed by atoms with van der Waals surface area (Å²) in [7, 11) is 1.71. The van der Waals surface area contributed by atoms with E-state index in [1.165, 1.54) is 21.5 Å². The first-order valence-electron chi connectivity index (χ1n) is 8.36. The first kappa shape index (κ1) is 15.4. The van der Waals surface area contributed by atoms with Crippen LogP contribution in [0.4, 0.5) is 0 Å². The lowest BCUT2D eigenvalue weighted by Crippen LogP contribution is -1.99. The Morgan fingerprint density at radius 1 is 0.720 bits per heavy atom. The van der Waals surface area contributed by atoms with E-state index in [1.807, 2.05) is 30.3 Å². The van der Waals surface area contributed by atoms with Gasteiger partial charge < -0.3 is 4.74 Å². The van der Waals surface area contributed by atoms with Gasteiger partial charge in [-0.05, 0) is 45.8 Å². The molecule has 0 bridgehead atoms. The third-order valence-electron chi connectivity index (χ3n) is 4.42. The maximum absolute atomic E-state index is 5.70. The Bertz CT molecular complexity index is 1080. The molecule has 1 heteroatoms. The highest BCUT2D eigenvalue weighted by atomic mass is 16.5. The molecule has 0 spiro atoms. The van der Waals surface area contributed by atoms with E-state index < -0.39 is 0 Å². The molecule has 4 aromatic carbocycles. The molecule has 0 fully saturated rings. The highest BCUT2D eigenvalue weighted by molar-refractivity contribution is 5.99. The number of ether oxygens (including phenoxy) is 1. The van der Waals surface area contributed by atoms with Crippen molar-refractivity contribution in [3.05, 3.63) is 96.1 Å². The second-order valence-electron chi connectivity index (χ2n) is 6.02. The van der Waals surface area contributed by atoms with Gasteiger partial charge in [-0.1, -0.05) is 72.5 Å². The van der Waals surface area contributed by atoms with Gasteiger partial charge in [0.2, 0.25) is 0 Å². The van der Waals surface area contributed by atoms with Gasteiger partial charge in [-0.3, -0.25) is 0 Å². The normalized spacial score (nSPS) is 11.9. The van der Waals surface area contributed by atoms with Crippen molar-refractivity contribution in [3.8, 4) is 11.8 Å². The molecular formula is C24H18O. The molecule has 1 nitrogen and oxygen atoms in total. The van der Waals surface area contributed by atoms with E-state index in [4.69, 9.17) is 4.74 Å². The van der Waals surface area contributed by atoms with Gasteiger partial charge in [-0.15, -0.1) is 0 Å². The first-order chi connectivity index (χ1) is 12.3. The van der Waals surface area contributed by atoms with Crippen LogP contribution in [0.5, 0.6) is 0 Å². The molecule has 0 saturated heterocycles. The maximum atomic E-state index is 5.70. The second-order valence-corrected chi connectivity index (χ2v) is 6.02. The molecule has 0 aliphatic carbocycles. The number of benzene rings is 4. The summed E-state index contributed by atoms with van der Waals surface area (Å²) in [5.74, 6) is 6.49. The van der Waals surface area contributed by atoms with E-state index in [-0.39, 0.29) is 6.10 Å². The highest BCUT2D eigenvalue weighted by Crippen LogP contribution is 2.30. The lowest BCUT2D eigenvalue weighted by Gasteiger charge is -2.13. The predicted octanol–water partition coefficient (Wildman–Crippen LogP) is 5.73. The van der Waals surface area contributed by atoms with Crippen LogP contribution in [0.1, 0.15) is 17.2 Å². The van der Waals surface area contributed by atoms with Crippen LogP contribution >= 0.6 is 0 Å². The molecule has 0 aromatic heterocycles. The summed E-state index contributed by atoms with van der Waals surface area (Å²) in [6.07, 6.45) is -0.259. The van der Waals surface area contributed by atoms with Gasteiger partial charge in [0, 0.05) is 18.2 Å². The van der Waals surface area contributed by atoms with E-state index in [9.17, 15) is 0 Å².